The molecule has 6 heteroatoms. The molecule has 0 saturated carbocycles. The zero-order valence-corrected chi connectivity index (χ0v) is 14.0. The minimum atomic E-state index is -3.46. The highest BCUT2D eigenvalue weighted by molar-refractivity contribution is 7.89. The third-order valence-corrected chi connectivity index (χ3v) is 4.52. The minimum absolute atomic E-state index is 0.0985. The standard InChI is InChI=1S/C15H26N2O3S/c1-5-16-13(4)14-6-8-15(9-7-14)21(18,19)17-10-11-20-12(2)3/h6-9,12-13,16-17H,5,10-11H2,1-4H3. The summed E-state index contributed by atoms with van der Waals surface area (Å²) in [7, 11) is -3.46. The fourth-order valence-electron chi connectivity index (χ4n) is 1.91. The molecule has 0 aliphatic rings. The molecule has 0 amide bonds. The van der Waals surface area contributed by atoms with Gasteiger partial charge >= 0.3 is 0 Å². The van der Waals surface area contributed by atoms with Crippen molar-refractivity contribution in [1.82, 2.24) is 10.0 Å². The first-order chi connectivity index (χ1) is 9.86. The number of hydrogen-bond acceptors (Lipinski definition) is 4. The molecule has 120 valence electrons. The maximum absolute atomic E-state index is 12.1. The number of hydrogen-bond donors (Lipinski definition) is 2. The Bertz CT molecular complexity index is 512. The maximum atomic E-state index is 12.1. The van der Waals surface area contributed by atoms with E-state index in [1.807, 2.05) is 32.9 Å². The van der Waals surface area contributed by atoms with Crippen molar-refractivity contribution in [1.29, 1.82) is 0 Å². The first-order valence-electron chi connectivity index (χ1n) is 7.31. The molecule has 0 aliphatic carbocycles. The van der Waals surface area contributed by atoms with Crippen LogP contribution in [0, 0.1) is 0 Å². The molecule has 0 aromatic heterocycles. The Balaban J connectivity index is 2.63. The molecule has 2 N–H and O–H groups in total. The van der Waals surface area contributed by atoms with Crippen molar-refractivity contribution in [2.45, 2.75) is 44.7 Å². The lowest BCUT2D eigenvalue weighted by Gasteiger charge is -2.13. The first kappa shape index (κ1) is 18.1. The number of benzene rings is 1. The third-order valence-electron chi connectivity index (χ3n) is 3.05. The van der Waals surface area contributed by atoms with E-state index in [4.69, 9.17) is 4.74 Å². The van der Waals surface area contributed by atoms with E-state index in [1.165, 1.54) is 0 Å². The summed E-state index contributed by atoms with van der Waals surface area (Å²) >= 11 is 0. The van der Waals surface area contributed by atoms with Gasteiger partial charge in [0.25, 0.3) is 0 Å². The molecule has 0 spiro atoms. The topological polar surface area (TPSA) is 67.4 Å². The summed E-state index contributed by atoms with van der Waals surface area (Å²) in [6.45, 7) is 9.44. The Morgan fingerprint density at radius 2 is 1.76 bits per heavy atom. The van der Waals surface area contributed by atoms with Gasteiger partial charge in [-0.3, -0.25) is 0 Å². The van der Waals surface area contributed by atoms with Crippen LogP contribution in [0.15, 0.2) is 29.2 Å². The highest BCUT2D eigenvalue weighted by atomic mass is 32.2. The predicted molar refractivity (Wildman–Crippen MR) is 84.8 cm³/mol. The Hall–Kier alpha value is -0.950. The van der Waals surface area contributed by atoms with Gasteiger partial charge in [-0.15, -0.1) is 0 Å². The molecule has 0 radical (unpaired) electrons. The number of ether oxygens (including phenoxy) is 1. The number of nitrogens with one attached hydrogen (secondary N) is 2. The summed E-state index contributed by atoms with van der Waals surface area (Å²) in [6, 6.07) is 7.15. The van der Waals surface area contributed by atoms with Crippen LogP contribution in [-0.2, 0) is 14.8 Å². The van der Waals surface area contributed by atoms with Crippen LogP contribution in [-0.4, -0.2) is 34.2 Å². The molecule has 0 heterocycles. The molecule has 1 aromatic carbocycles. The zero-order chi connectivity index (χ0) is 15.9. The number of rotatable bonds is 9. The predicted octanol–water partition coefficient (Wildman–Crippen LogP) is 2.06. The molecule has 21 heavy (non-hydrogen) atoms. The van der Waals surface area contributed by atoms with Crippen LogP contribution >= 0.6 is 0 Å². The molecule has 0 bridgehead atoms. The highest BCUT2D eigenvalue weighted by Crippen LogP contribution is 2.15. The first-order valence-corrected chi connectivity index (χ1v) is 8.79. The molecular weight excluding hydrogens is 288 g/mol. The third kappa shape index (κ3) is 6.13. The Morgan fingerprint density at radius 3 is 2.29 bits per heavy atom. The molecule has 0 saturated heterocycles. The lowest BCUT2D eigenvalue weighted by molar-refractivity contribution is 0.0834. The normalized spacial score (nSPS) is 13.6. The van der Waals surface area contributed by atoms with Crippen LogP contribution in [0.5, 0.6) is 0 Å². The van der Waals surface area contributed by atoms with Gasteiger partial charge in [0, 0.05) is 12.6 Å². The van der Waals surface area contributed by atoms with E-state index in [9.17, 15) is 8.42 Å². The van der Waals surface area contributed by atoms with Gasteiger partial charge in [-0.05, 0) is 45.0 Å². The largest absolute Gasteiger partial charge is 0.377 e. The van der Waals surface area contributed by atoms with Crippen LogP contribution in [0.4, 0.5) is 0 Å². The summed E-state index contributed by atoms with van der Waals surface area (Å²) in [6.07, 6.45) is 0.0985. The summed E-state index contributed by atoms with van der Waals surface area (Å²) in [5.41, 5.74) is 1.07. The van der Waals surface area contributed by atoms with Gasteiger partial charge in [0.05, 0.1) is 17.6 Å². The van der Waals surface area contributed by atoms with E-state index in [0.717, 1.165) is 12.1 Å². The van der Waals surface area contributed by atoms with Crippen LogP contribution in [0.25, 0.3) is 0 Å². The van der Waals surface area contributed by atoms with Gasteiger partial charge in [-0.2, -0.15) is 0 Å². The van der Waals surface area contributed by atoms with Gasteiger partial charge in [0.15, 0.2) is 0 Å². The van der Waals surface area contributed by atoms with Crippen LogP contribution in [0.3, 0.4) is 0 Å². The van der Waals surface area contributed by atoms with Crippen molar-refractivity contribution < 1.29 is 13.2 Å². The van der Waals surface area contributed by atoms with E-state index in [1.54, 1.807) is 12.1 Å². The molecule has 1 aromatic rings. The fraction of sp³-hybridized carbons (Fsp3) is 0.600. The summed E-state index contributed by atoms with van der Waals surface area (Å²) in [5.74, 6) is 0. The lowest BCUT2D eigenvalue weighted by atomic mass is 10.1. The second kappa shape index (κ2) is 8.48. The molecule has 1 rings (SSSR count). The van der Waals surface area contributed by atoms with Gasteiger partial charge in [0.1, 0.15) is 0 Å². The Labute approximate surface area is 128 Å². The number of sulfonamides is 1. The maximum Gasteiger partial charge on any atom is 0.240 e. The van der Waals surface area contributed by atoms with Crippen LogP contribution < -0.4 is 10.0 Å². The summed E-state index contributed by atoms with van der Waals surface area (Å²) in [4.78, 5) is 0.277. The van der Waals surface area contributed by atoms with E-state index >= 15 is 0 Å². The molecular formula is C15H26N2O3S. The molecule has 5 nitrogen and oxygen atoms in total. The Kier molecular flexibility index (Phi) is 7.31. The minimum Gasteiger partial charge on any atom is -0.377 e. The SMILES string of the molecule is CCNC(C)c1ccc(S(=O)(=O)NCCOC(C)C)cc1. The van der Waals surface area contributed by atoms with E-state index in [-0.39, 0.29) is 23.6 Å². The van der Waals surface area contributed by atoms with Crippen molar-refractivity contribution in [3.8, 4) is 0 Å². The fourth-order valence-corrected chi connectivity index (χ4v) is 2.93. The molecule has 1 atom stereocenters. The van der Waals surface area contributed by atoms with Crippen molar-refractivity contribution in [2.75, 3.05) is 19.7 Å². The van der Waals surface area contributed by atoms with E-state index < -0.39 is 10.0 Å². The van der Waals surface area contributed by atoms with Crippen molar-refractivity contribution >= 4 is 10.0 Å². The van der Waals surface area contributed by atoms with E-state index in [2.05, 4.69) is 17.0 Å². The van der Waals surface area contributed by atoms with Gasteiger partial charge in [-0.1, -0.05) is 19.1 Å². The van der Waals surface area contributed by atoms with Crippen molar-refractivity contribution in [3.63, 3.8) is 0 Å². The summed E-state index contributed by atoms with van der Waals surface area (Å²) in [5, 5.41) is 3.29. The van der Waals surface area contributed by atoms with E-state index in [0.29, 0.717) is 6.61 Å². The van der Waals surface area contributed by atoms with Crippen molar-refractivity contribution in [3.05, 3.63) is 29.8 Å². The van der Waals surface area contributed by atoms with Gasteiger partial charge in [-0.25, -0.2) is 13.1 Å². The lowest BCUT2D eigenvalue weighted by Crippen LogP contribution is -2.28. The molecule has 1 unspecified atom stereocenters. The van der Waals surface area contributed by atoms with Crippen LogP contribution in [0.2, 0.25) is 0 Å². The summed E-state index contributed by atoms with van der Waals surface area (Å²) < 4.78 is 32.1. The van der Waals surface area contributed by atoms with Gasteiger partial charge in [0.2, 0.25) is 10.0 Å². The van der Waals surface area contributed by atoms with Gasteiger partial charge < -0.3 is 10.1 Å². The second-order valence-corrected chi connectivity index (χ2v) is 6.93. The van der Waals surface area contributed by atoms with Crippen LogP contribution in [0.1, 0.15) is 39.3 Å². The monoisotopic (exact) mass is 314 g/mol. The second-order valence-electron chi connectivity index (χ2n) is 5.17. The average molecular weight is 314 g/mol. The quantitative estimate of drug-likeness (QED) is 0.685. The molecule has 0 aliphatic heterocycles. The Morgan fingerprint density at radius 1 is 1.14 bits per heavy atom. The smallest absolute Gasteiger partial charge is 0.240 e. The average Bonchev–Trinajstić information content (AvgIpc) is 2.44. The van der Waals surface area contributed by atoms with Crippen molar-refractivity contribution in [2.24, 2.45) is 0 Å². The molecule has 0 fully saturated rings. The zero-order valence-electron chi connectivity index (χ0n) is 13.2. The highest BCUT2D eigenvalue weighted by Gasteiger charge is 2.14.